The van der Waals surface area contributed by atoms with Gasteiger partial charge in [-0.25, -0.2) is 0 Å². The van der Waals surface area contributed by atoms with Crippen molar-refractivity contribution in [3.05, 3.63) is 155 Å². The molecule has 0 fully saturated rings. The van der Waals surface area contributed by atoms with Crippen molar-refractivity contribution in [2.24, 2.45) is 0 Å². The summed E-state index contributed by atoms with van der Waals surface area (Å²) < 4.78 is 0. The van der Waals surface area contributed by atoms with Gasteiger partial charge in [-0.3, -0.25) is 0 Å². The van der Waals surface area contributed by atoms with E-state index in [-0.39, 0.29) is 16.2 Å². The second kappa shape index (κ2) is 9.68. The summed E-state index contributed by atoms with van der Waals surface area (Å²) in [6.07, 6.45) is 2.16. The lowest BCUT2D eigenvalue weighted by Crippen LogP contribution is -2.23. The Morgan fingerprint density at radius 1 is 0.340 bits per heavy atom. The molecule has 47 heavy (non-hydrogen) atoms. The second-order valence-corrected chi connectivity index (χ2v) is 15.2. The third kappa shape index (κ3) is 3.70. The van der Waals surface area contributed by atoms with Gasteiger partial charge in [0.05, 0.1) is 0 Å². The minimum atomic E-state index is -0.00481. The van der Waals surface area contributed by atoms with Gasteiger partial charge in [0.1, 0.15) is 0 Å². The molecule has 0 heteroatoms. The summed E-state index contributed by atoms with van der Waals surface area (Å²) >= 11 is 0. The summed E-state index contributed by atoms with van der Waals surface area (Å²) in [6, 6.07) is 46.7. The van der Waals surface area contributed by atoms with E-state index in [0.717, 1.165) is 12.8 Å². The lowest BCUT2D eigenvalue weighted by Gasteiger charge is -2.30. The van der Waals surface area contributed by atoms with E-state index in [0.29, 0.717) is 0 Å². The van der Waals surface area contributed by atoms with Gasteiger partial charge >= 0.3 is 0 Å². The van der Waals surface area contributed by atoms with Gasteiger partial charge in [-0.2, -0.15) is 0 Å². The van der Waals surface area contributed by atoms with Crippen LogP contribution < -0.4 is 0 Å². The van der Waals surface area contributed by atoms with E-state index in [1.165, 1.54) is 89.0 Å². The Bertz CT molecular complexity index is 2110. The van der Waals surface area contributed by atoms with Crippen molar-refractivity contribution in [3.63, 3.8) is 0 Å². The first-order chi connectivity index (χ1) is 22.7. The van der Waals surface area contributed by atoms with Crippen LogP contribution in [0.3, 0.4) is 0 Å². The molecule has 0 nitrogen and oxygen atoms in total. The molecule has 3 aliphatic rings. The summed E-state index contributed by atoms with van der Waals surface area (Å²) in [7, 11) is 0. The van der Waals surface area contributed by atoms with E-state index in [9.17, 15) is 0 Å². The first-order valence-electron chi connectivity index (χ1n) is 17.5. The fourth-order valence-corrected chi connectivity index (χ4v) is 9.63. The predicted octanol–water partition coefficient (Wildman–Crippen LogP) is 12.7. The molecule has 0 unspecified atom stereocenters. The summed E-state index contributed by atoms with van der Waals surface area (Å²) in [5.74, 6) is 0. The Hall–Kier alpha value is -4.68. The molecule has 0 aliphatic heterocycles. The van der Waals surface area contributed by atoms with Crippen molar-refractivity contribution in [1.29, 1.82) is 0 Å². The van der Waals surface area contributed by atoms with Gasteiger partial charge in [0.25, 0.3) is 0 Å². The lowest BCUT2D eigenvalue weighted by atomic mass is 9.73. The van der Waals surface area contributed by atoms with E-state index in [4.69, 9.17) is 0 Å². The van der Waals surface area contributed by atoms with Crippen LogP contribution in [0.2, 0.25) is 0 Å². The molecule has 0 aromatic heterocycles. The van der Waals surface area contributed by atoms with Gasteiger partial charge in [0.2, 0.25) is 0 Å². The maximum atomic E-state index is 2.52. The first kappa shape index (κ1) is 28.5. The number of fused-ring (bicyclic) bond motifs is 9. The molecule has 0 N–H and O–H groups in total. The highest BCUT2D eigenvalue weighted by atomic mass is 14.4. The Labute approximate surface area is 280 Å². The highest BCUT2D eigenvalue weighted by Gasteiger charge is 2.42. The van der Waals surface area contributed by atoms with Crippen LogP contribution in [0, 0.1) is 0 Å². The molecule has 0 saturated carbocycles. The van der Waals surface area contributed by atoms with Crippen molar-refractivity contribution < 1.29 is 0 Å². The third-order valence-electron chi connectivity index (χ3n) is 12.4. The molecule has 230 valence electrons. The number of hydrogen-bond acceptors (Lipinski definition) is 0. The summed E-state index contributed by atoms with van der Waals surface area (Å²) in [6.45, 7) is 14.3. The lowest BCUT2D eigenvalue weighted by molar-refractivity contribution is 0.491. The van der Waals surface area contributed by atoms with Crippen LogP contribution >= 0.6 is 0 Å². The molecule has 0 saturated heterocycles. The summed E-state index contributed by atoms with van der Waals surface area (Å²) in [5.41, 5.74) is 22.3. The quantitative estimate of drug-likeness (QED) is 0.187. The van der Waals surface area contributed by atoms with E-state index in [2.05, 4.69) is 163 Å². The smallest absolute Gasteiger partial charge is 0.0210 e. The van der Waals surface area contributed by atoms with Gasteiger partial charge in [0.15, 0.2) is 0 Å². The monoisotopic (exact) mass is 606 g/mol. The van der Waals surface area contributed by atoms with Crippen LogP contribution in [-0.2, 0) is 16.2 Å². The van der Waals surface area contributed by atoms with Crippen LogP contribution in [0.1, 0.15) is 87.8 Å². The zero-order valence-corrected chi connectivity index (χ0v) is 28.5. The van der Waals surface area contributed by atoms with Crippen molar-refractivity contribution in [3.8, 4) is 55.6 Å². The fraction of sp³-hybridized carbons (Fsp3) is 0.234. The summed E-state index contributed by atoms with van der Waals surface area (Å²) in [4.78, 5) is 0. The molecule has 0 atom stereocenters. The topological polar surface area (TPSA) is 0 Å². The van der Waals surface area contributed by atoms with E-state index in [1.807, 2.05) is 0 Å². The van der Waals surface area contributed by atoms with Crippen LogP contribution in [0.4, 0.5) is 0 Å². The fourth-order valence-electron chi connectivity index (χ4n) is 9.63. The molecular weight excluding hydrogens is 565 g/mol. The minimum absolute atomic E-state index is 0.00252. The van der Waals surface area contributed by atoms with Gasteiger partial charge < -0.3 is 0 Å². The normalized spacial score (nSPS) is 16.6. The van der Waals surface area contributed by atoms with Crippen molar-refractivity contribution >= 4 is 0 Å². The molecule has 0 heterocycles. The molecule has 9 rings (SSSR count). The highest BCUT2D eigenvalue weighted by Crippen LogP contribution is 2.56. The molecule has 0 radical (unpaired) electrons. The van der Waals surface area contributed by atoms with Crippen molar-refractivity contribution in [1.82, 2.24) is 0 Å². The maximum Gasteiger partial charge on any atom is 0.0210 e. The van der Waals surface area contributed by atoms with E-state index >= 15 is 0 Å². The Kier molecular flexibility index (Phi) is 5.87. The molecule has 6 aromatic carbocycles. The van der Waals surface area contributed by atoms with Crippen LogP contribution in [0.25, 0.3) is 55.6 Å². The zero-order chi connectivity index (χ0) is 32.3. The SMILES string of the molecule is CCC1(CC)c2cc(-c3ccc4c(c3)C(C)(C)c3ccccc3-4)ccc2-c2ccc(-c3ccc4c(c3)C(C)(C)c3ccccc3-4)cc21. The Morgan fingerprint density at radius 3 is 1.00 bits per heavy atom. The summed E-state index contributed by atoms with van der Waals surface area (Å²) in [5, 5.41) is 0. The standard InChI is InChI=1S/C47H42/c1-7-47(8-2)43-27-31(29-17-21-35-33-13-9-11-15-39(33)45(3,4)41(35)25-29)19-23-37(43)38-24-20-32(28-44(38)47)30-18-22-36-34-14-10-12-16-40(34)46(5,6)42(36)26-30/h9-28H,7-8H2,1-6H3. The zero-order valence-electron chi connectivity index (χ0n) is 28.5. The van der Waals surface area contributed by atoms with Gasteiger partial charge in [-0.15, -0.1) is 0 Å². The van der Waals surface area contributed by atoms with Gasteiger partial charge in [0, 0.05) is 16.2 Å². The van der Waals surface area contributed by atoms with Crippen LogP contribution in [-0.4, -0.2) is 0 Å². The van der Waals surface area contributed by atoms with E-state index < -0.39 is 0 Å². The van der Waals surface area contributed by atoms with Crippen molar-refractivity contribution in [2.75, 3.05) is 0 Å². The average molecular weight is 607 g/mol. The maximum absolute atomic E-state index is 2.52. The van der Waals surface area contributed by atoms with Crippen molar-refractivity contribution in [2.45, 2.75) is 70.6 Å². The Morgan fingerprint density at radius 2 is 0.638 bits per heavy atom. The molecule has 3 aliphatic carbocycles. The molecule has 0 spiro atoms. The second-order valence-electron chi connectivity index (χ2n) is 15.2. The van der Waals surface area contributed by atoms with Gasteiger partial charge in [-0.05, 0) is 126 Å². The first-order valence-corrected chi connectivity index (χ1v) is 17.5. The molecule has 0 amide bonds. The number of rotatable bonds is 4. The minimum Gasteiger partial charge on any atom is -0.0642 e. The third-order valence-corrected chi connectivity index (χ3v) is 12.4. The molecule has 0 bridgehead atoms. The largest absolute Gasteiger partial charge is 0.0642 e. The average Bonchev–Trinajstić information content (AvgIpc) is 3.61. The number of hydrogen-bond donors (Lipinski definition) is 0. The van der Waals surface area contributed by atoms with Crippen LogP contribution in [0.5, 0.6) is 0 Å². The molecular formula is C47H42. The number of benzene rings is 6. The molecule has 6 aromatic rings. The highest BCUT2D eigenvalue weighted by molar-refractivity contribution is 5.89. The predicted molar refractivity (Wildman–Crippen MR) is 199 cm³/mol. The Balaban J connectivity index is 1.13. The van der Waals surface area contributed by atoms with Gasteiger partial charge in [-0.1, -0.05) is 139 Å². The van der Waals surface area contributed by atoms with E-state index in [1.54, 1.807) is 0 Å². The van der Waals surface area contributed by atoms with Crippen LogP contribution in [0.15, 0.2) is 121 Å².